The number of nitrogens with one attached hydrogen (secondary N) is 1. The summed E-state index contributed by atoms with van der Waals surface area (Å²) in [6, 6.07) is 7.03. The van der Waals surface area contributed by atoms with E-state index < -0.39 is 9.84 Å². The van der Waals surface area contributed by atoms with Crippen LogP contribution in [0.15, 0.2) is 29.2 Å². The van der Waals surface area contributed by atoms with E-state index in [1.165, 1.54) is 6.26 Å². The van der Waals surface area contributed by atoms with Gasteiger partial charge in [0.2, 0.25) is 0 Å². The Balaban J connectivity index is 0.000000412. The molecule has 0 bridgehead atoms. The molecule has 0 amide bonds. The van der Waals surface area contributed by atoms with Crippen LogP contribution in [0.1, 0.15) is 45.6 Å². The van der Waals surface area contributed by atoms with Gasteiger partial charge in [-0.25, -0.2) is 8.42 Å². The third-order valence-corrected chi connectivity index (χ3v) is 5.42. The maximum absolute atomic E-state index is 11.6. The first-order valence-electron chi connectivity index (χ1n) is 8.60. The highest BCUT2D eigenvalue weighted by atomic mass is 32.2. The third-order valence-electron chi connectivity index (χ3n) is 4.31. The molecule has 0 unspecified atom stereocenters. The molecule has 0 atom stereocenters. The van der Waals surface area contributed by atoms with Gasteiger partial charge in [-0.3, -0.25) is 4.79 Å². The largest absolute Gasteiger partial charge is 0.462 e. The van der Waals surface area contributed by atoms with Crippen molar-refractivity contribution >= 4 is 22.6 Å². The molecule has 1 fully saturated rings. The van der Waals surface area contributed by atoms with E-state index in [2.05, 4.69) is 10.1 Å². The Labute approximate surface area is 156 Å². The summed E-state index contributed by atoms with van der Waals surface area (Å²) in [6.45, 7) is 7.64. The minimum absolute atomic E-state index is 0.215. The van der Waals surface area contributed by atoms with E-state index in [1.54, 1.807) is 18.2 Å². The molecule has 2 rings (SSSR count). The summed E-state index contributed by atoms with van der Waals surface area (Å²) in [5.74, 6) is 0. The molecule has 6 nitrogen and oxygen atoms in total. The summed E-state index contributed by atoms with van der Waals surface area (Å²) in [5.41, 5.74) is 0.430. The number of carbonyl (C=O) groups excluding carboxylic acids is 2. The summed E-state index contributed by atoms with van der Waals surface area (Å²) in [4.78, 5) is 20.9. The molecule has 1 saturated heterocycles. The average molecular weight is 384 g/mol. The van der Waals surface area contributed by atoms with E-state index in [0.29, 0.717) is 17.8 Å². The summed E-state index contributed by atoms with van der Waals surface area (Å²) >= 11 is 0. The smallest absolute Gasteiger partial charge is 0.293 e. The maximum Gasteiger partial charge on any atom is 0.293 e. The summed E-state index contributed by atoms with van der Waals surface area (Å²) in [6.07, 6.45) is 4.32. The van der Waals surface area contributed by atoms with Crippen LogP contribution < -0.4 is 5.32 Å². The molecule has 1 aliphatic heterocycles. The van der Waals surface area contributed by atoms with Crippen LogP contribution in [0.25, 0.3) is 0 Å². The number of carbonyl (C=O) groups is 2. The second-order valence-corrected chi connectivity index (χ2v) is 9.54. The Morgan fingerprint density at radius 3 is 2.23 bits per heavy atom. The van der Waals surface area contributed by atoms with E-state index in [9.17, 15) is 18.0 Å². The predicted molar refractivity (Wildman–Crippen MR) is 101 cm³/mol. The number of rotatable bonds is 5. The van der Waals surface area contributed by atoms with Crippen molar-refractivity contribution in [2.45, 2.75) is 55.9 Å². The molecule has 7 heteroatoms. The zero-order valence-corrected chi connectivity index (χ0v) is 16.8. The number of sulfone groups is 1. The standard InChI is InChI=1S/C14H19NO3S.C5H10O2/c1-19(17,18)13-4-2-3-12(11-13)14(7-10-16)5-8-15-9-6-14;1-5(2,3)7-4-6/h2-4,10-11,15H,5-9H2,1H3;4H,1-3H3. The van der Waals surface area contributed by atoms with Gasteiger partial charge in [-0.15, -0.1) is 0 Å². The summed E-state index contributed by atoms with van der Waals surface area (Å²) in [7, 11) is -3.21. The van der Waals surface area contributed by atoms with E-state index in [0.717, 1.165) is 37.8 Å². The molecule has 1 N–H and O–H groups in total. The minimum atomic E-state index is -3.21. The van der Waals surface area contributed by atoms with Gasteiger partial charge in [-0.05, 0) is 64.4 Å². The Hall–Kier alpha value is -1.73. The van der Waals surface area contributed by atoms with E-state index in [-0.39, 0.29) is 11.0 Å². The quantitative estimate of drug-likeness (QED) is 0.785. The number of aldehydes is 1. The molecular formula is C19H29NO5S. The number of benzene rings is 1. The molecule has 1 aromatic carbocycles. The van der Waals surface area contributed by atoms with Crippen LogP contribution in [-0.2, 0) is 29.6 Å². The Bertz CT molecular complexity index is 701. The van der Waals surface area contributed by atoms with Gasteiger partial charge in [0.1, 0.15) is 11.9 Å². The van der Waals surface area contributed by atoms with Crippen LogP contribution in [0.2, 0.25) is 0 Å². The highest BCUT2D eigenvalue weighted by molar-refractivity contribution is 7.90. The molecule has 1 heterocycles. The van der Waals surface area contributed by atoms with Crippen molar-refractivity contribution in [2.24, 2.45) is 0 Å². The van der Waals surface area contributed by atoms with Gasteiger partial charge in [0, 0.05) is 18.1 Å². The van der Waals surface area contributed by atoms with Crippen LogP contribution in [0.4, 0.5) is 0 Å². The minimum Gasteiger partial charge on any atom is -0.462 e. The SMILES string of the molecule is CC(C)(C)OC=O.CS(=O)(=O)c1cccc(C2(CC=O)CCNCC2)c1. The van der Waals surface area contributed by atoms with Crippen molar-refractivity contribution < 1.29 is 22.7 Å². The fraction of sp³-hybridized carbons (Fsp3) is 0.579. The van der Waals surface area contributed by atoms with E-state index in [1.807, 2.05) is 26.8 Å². The summed E-state index contributed by atoms with van der Waals surface area (Å²) < 4.78 is 27.8. The molecule has 0 spiro atoms. The highest BCUT2D eigenvalue weighted by Crippen LogP contribution is 2.36. The zero-order valence-electron chi connectivity index (χ0n) is 15.9. The second-order valence-electron chi connectivity index (χ2n) is 7.53. The molecule has 1 aliphatic rings. The first kappa shape index (κ1) is 22.3. The van der Waals surface area contributed by atoms with Crippen molar-refractivity contribution in [3.8, 4) is 0 Å². The molecule has 26 heavy (non-hydrogen) atoms. The molecule has 146 valence electrons. The van der Waals surface area contributed by atoms with Gasteiger partial charge in [-0.1, -0.05) is 12.1 Å². The molecule has 0 aromatic heterocycles. The monoisotopic (exact) mass is 383 g/mol. The van der Waals surface area contributed by atoms with Gasteiger partial charge in [0.05, 0.1) is 4.90 Å². The first-order valence-corrected chi connectivity index (χ1v) is 10.5. The van der Waals surface area contributed by atoms with Gasteiger partial charge in [0.15, 0.2) is 9.84 Å². The van der Waals surface area contributed by atoms with Crippen molar-refractivity contribution in [1.82, 2.24) is 5.32 Å². The molecule has 0 saturated carbocycles. The predicted octanol–water partition coefficient (Wildman–Crippen LogP) is 2.26. The lowest BCUT2D eigenvalue weighted by molar-refractivity contribution is -0.138. The van der Waals surface area contributed by atoms with E-state index in [4.69, 9.17) is 0 Å². The normalized spacial score (nSPS) is 16.8. The number of ether oxygens (including phenoxy) is 1. The lowest BCUT2D eigenvalue weighted by Gasteiger charge is -2.37. The van der Waals surface area contributed by atoms with E-state index >= 15 is 0 Å². The van der Waals surface area contributed by atoms with Crippen LogP contribution in [0.5, 0.6) is 0 Å². The number of hydrogen-bond donors (Lipinski definition) is 1. The van der Waals surface area contributed by atoms with Crippen molar-refractivity contribution in [1.29, 1.82) is 0 Å². The molecule has 0 aliphatic carbocycles. The average Bonchev–Trinajstić information content (AvgIpc) is 2.55. The topological polar surface area (TPSA) is 89.5 Å². The van der Waals surface area contributed by atoms with Gasteiger partial charge < -0.3 is 14.8 Å². The van der Waals surface area contributed by atoms with Crippen LogP contribution in [0.3, 0.4) is 0 Å². The van der Waals surface area contributed by atoms with Gasteiger partial charge >= 0.3 is 0 Å². The first-order chi connectivity index (χ1) is 12.0. The fourth-order valence-electron chi connectivity index (χ4n) is 2.88. The second kappa shape index (κ2) is 9.28. The Morgan fingerprint density at radius 2 is 1.81 bits per heavy atom. The van der Waals surface area contributed by atoms with Gasteiger partial charge in [-0.2, -0.15) is 0 Å². The summed E-state index contributed by atoms with van der Waals surface area (Å²) in [5, 5.41) is 3.28. The Morgan fingerprint density at radius 1 is 1.19 bits per heavy atom. The highest BCUT2D eigenvalue weighted by Gasteiger charge is 2.33. The molecule has 0 radical (unpaired) electrons. The molecule has 1 aromatic rings. The lowest BCUT2D eigenvalue weighted by Crippen LogP contribution is -2.40. The fourth-order valence-corrected chi connectivity index (χ4v) is 3.54. The van der Waals surface area contributed by atoms with Gasteiger partial charge in [0.25, 0.3) is 6.47 Å². The van der Waals surface area contributed by atoms with Crippen molar-refractivity contribution in [2.75, 3.05) is 19.3 Å². The zero-order chi connectivity index (χ0) is 19.8. The lowest BCUT2D eigenvalue weighted by atomic mass is 9.71. The van der Waals surface area contributed by atoms with Crippen LogP contribution >= 0.6 is 0 Å². The van der Waals surface area contributed by atoms with Crippen molar-refractivity contribution in [3.63, 3.8) is 0 Å². The number of piperidine rings is 1. The maximum atomic E-state index is 11.6. The number of hydrogen-bond acceptors (Lipinski definition) is 6. The van der Waals surface area contributed by atoms with Crippen LogP contribution in [0, 0.1) is 0 Å². The third kappa shape index (κ3) is 6.88. The van der Waals surface area contributed by atoms with Crippen LogP contribution in [-0.4, -0.2) is 46.1 Å². The van der Waals surface area contributed by atoms with Crippen molar-refractivity contribution in [3.05, 3.63) is 29.8 Å². The Kier molecular flexibility index (Phi) is 7.96. The molecular weight excluding hydrogens is 354 g/mol.